The van der Waals surface area contributed by atoms with Crippen LogP contribution in [0.3, 0.4) is 0 Å². The Hall–Kier alpha value is -1.88. The molecule has 0 saturated carbocycles. The Kier molecular flexibility index (Phi) is 6.99. The first kappa shape index (κ1) is 21.8. The highest BCUT2D eigenvalue weighted by atomic mass is 35.5. The van der Waals surface area contributed by atoms with Crippen molar-refractivity contribution < 1.29 is 9.53 Å². The predicted octanol–water partition coefficient (Wildman–Crippen LogP) is 4.17. The van der Waals surface area contributed by atoms with Crippen molar-refractivity contribution >= 4 is 63.2 Å². The standard InChI is InChI=1S/C18H19ClN4O3S3/c1-4-9(2)20-13(24)8-28-17-21-15-14(16(25)22-17)29-18(27)23(15)11-7-10(19)5-6-12(11)26-3/h5-7,9H,4,8H2,1-3H3,(H,20,24)(H,21,22,25)/t9-/m0/s1. The summed E-state index contributed by atoms with van der Waals surface area (Å²) in [4.78, 5) is 31.9. The van der Waals surface area contributed by atoms with Crippen LogP contribution >= 0.6 is 46.9 Å². The van der Waals surface area contributed by atoms with Crippen LogP contribution in [0.5, 0.6) is 5.75 Å². The number of H-pyrrole nitrogens is 1. The molecule has 0 aliphatic rings. The number of carbonyl (C=O) groups excluding carboxylic acids is 1. The average Bonchev–Trinajstić information content (AvgIpc) is 3.02. The summed E-state index contributed by atoms with van der Waals surface area (Å²) >= 11 is 13.9. The minimum absolute atomic E-state index is 0.0923. The average molecular weight is 471 g/mol. The van der Waals surface area contributed by atoms with Crippen LogP contribution in [0, 0.1) is 3.95 Å². The number of aromatic amines is 1. The molecule has 2 N–H and O–H groups in total. The Balaban J connectivity index is 2.02. The smallest absolute Gasteiger partial charge is 0.271 e. The topological polar surface area (TPSA) is 89.0 Å². The van der Waals surface area contributed by atoms with E-state index in [1.165, 1.54) is 0 Å². The zero-order valence-corrected chi connectivity index (χ0v) is 19.2. The maximum atomic E-state index is 12.6. The predicted molar refractivity (Wildman–Crippen MR) is 121 cm³/mol. The zero-order valence-electron chi connectivity index (χ0n) is 15.9. The maximum Gasteiger partial charge on any atom is 0.271 e. The Labute approximate surface area is 185 Å². The first-order valence-electron chi connectivity index (χ1n) is 8.76. The molecule has 0 radical (unpaired) electrons. The van der Waals surface area contributed by atoms with E-state index < -0.39 is 0 Å². The molecule has 0 bridgehead atoms. The summed E-state index contributed by atoms with van der Waals surface area (Å²) in [5.41, 5.74) is 0.685. The number of methoxy groups -OCH3 is 1. The van der Waals surface area contributed by atoms with Crippen molar-refractivity contribution in [2.45, 2.75) is 31.5 Å². The van der Waals surface area contributed by atoms with Crippen molar-refractivity contribution in [2.75, 3.05) is 12.9 Å². The molecule has 1 atom stereocenters. The number of nitrogens with one attached hydrogen (secondary N) is 2. The van der Waals surface area contributed by atoms with E-state index in [0.717, 1.165) is 29.5 Å². The van der Waals surface area contributed by atoms with Gasteiger partial charge in [-0.2, -0.15) is 0 Å². The van der Waals surface area contributed by atoms with E-state index in [-0.39, 0.29) is 23.3 Å². The van der Waals surface area contributed by atoms with Crippen LogP contribution in [0.1, 0.15) is 20.3 Å². The molecular weight excluding hydrogens is 452 g/mol. The van der Waals surface area contributed by atoms with Crippen LogP contribution in [-0.2, 0) is 4.79 Å². The summed E-state index contributed by atoms with van der Waals surface area (Å²) in [5, 5.41) is 3.72. The molecule has 1 aromatic carbocycles. The van der Waals surface area contributed by atoms with Crippen molar-refractivity contribution in [1.82, 2.24) is 19.9 Å². The number of thioether (sulfide) groups is 1. The highest BCUT2D eigenvalue weighted by molar-refractivity contribution is 7.99. The van der Waals surface area contributed by atoms with Crippen LogP contribution in [0.25, 0.3) is 16.0 Å². The van der Waals surface area contributed by atoms with Gasteiger partial charge in [-0.15, -0.1) is 0 Å². The van der Waals surface area contributed by atoms with Crippen molar-refractivity contribution in [1.29, 1.82) is 0 Å². The van der Waals surface area contributed by atoms with Crippen LogP contribution in [0.4, 0.5) is 0 Å². The highest BCUT2D eigenvalue weighted by Crippen LogP contribution is 2.31. The molecule has 11 heteroatoms. The Morgan fingerprint density at radius 3 is 2.97 bits per heavy atom. The van der Waals surface area contributed by atoms with Crippen molar-refractivity contribution in [3.05, 3.63) is 37.5 Å². The van der Waals surface area contributed by atoms with Gasteiger partial charge in [0.05, 0.1) is 18.6 Å². The molecule has 0 fully saturated rings. The Morgan fingerprint density at radius 1 is 1.52 bits per heavy atom. The molecule has 0 saturated heterocycles. The minimum atomic E-state index is -0.310. The van der Waals surface area contributed by atoms with E-state index in [1.54, 1.807) is 29.9 Å². The lowest BCUT2D eigenvalue weighted by Crippen LogP contribution is -2.33. The molecule has 0 spiro atoms. The first-order valence-corrected chi connectivity index (χ1v) is 11.3. The van der Waals surface area contributed by atoms with E-state index in [2.05, 4.69) is 15.3 Å². The summed E-state index contributed by atoms with van der Waals surface area (Å²) in [5.74, 6) is 0.574. The molecule has 0 unspecified atom stereocenters. The number of hydrogen-bond donors (Lipinski definition) is 2. The molecule has 29 heavy (non-hydrogen) atoms. The van der Waals surface area contributed by atoms with Gasteiger partial charge in [0.1, 0.15) is 10.4 Å². The van der Waals surface area contributed by atoms with Crippen LogP contribution in [-0.4, -0.2) is 39.3 Å². The van der Waals surface area contributed by atoms with Crippen LogP contribution < -0.4 is 15.6 Å². The van der Waals surface area contributed by atoms with Gasteiger partial charge in [-0.05, 0) is 43.8 Å². The first-order chi connectivity index (χ1) is 13.8. The SMILES string of the molecule is CC[C@H](C)NC(=O)CSc1nc2c(sc(=S)n2-c2cc(Cl)ccc2OC)c(=O)[nH]1. The van der Waals surface area contributed by atoms with Gasteiger partial charge in [0, 0.05) is 11.1 Å². The third kappa shape index (κ3) is 4.82. The number of carbonyl (C=O) groups is 1. The Bertz CT molecular complexity index is 1170. The number of hydrogen-bond acceptors (Lipinski definition) is 7. The van der Waals surface area contributed by atoms with E-state index in [0.29, 0.717) is 35.9 Å². The summed E-state index contributed by atoms with van der Waals surface area (Å²) in [6.45, 7) is 3.93. The second-order valence-corrected chi connectivity index (χ2v) is 9.25. The van der Waals surface area contributed by atoms with Crippen LogP contribution in [0.2, 0.25) is 5.02 Å². The molecule has 154 valence electrons. The number of rotatable bonds is 7. The van der Waals surface area contributed by atoms with Crippen molar-refractivity contribution in [3.63, 3.8) is 0 Å². The van der Waals surface area contributed by atoms with E-state index in [4.69, 9.17) is 28.6 Å². The van der Waals surface area contributed by atoms with E-state index >= 15 is 0 Å². The third-order valence-electron chi connectivity index (χ3n) is 4.16. The third-order valence-corrected chi connectivity index (χ3v) is 6.63. The number of nitrogens with zero attached hydrogens (tertiary/aromatic N) is 2. The molecule has 0 aliphatic carbocycles. The molecule has 1 amide bonds. The fraction of sp³-hybridized carbons (Fsp3) is 0.333. The summed E-state index contributed by atoms with van der Waals surface area (Å²) in [7, 11) is 1.54. The molecule has 3 rings (SSSR count). The van der Waals surface area contributed by atoms with Gasteiger partial charge in [-0.3, -0.25) is 14.2 Å². The maximum absolute atomic E-state index is 12.6. The molecular formula is C18H19ClN4O3S3. The van der Waals surface area contributed by atoms with Gasteiger partial charge in [0.15, 0.2) is 14.8 Å². The molecule has 2 heterocycles. The van der Waals surface area contributed by atoms with Crippen molar-refractivity contribution in [3.8, 4) is 11.4 Å². The number of ether oxygens (including phenoxy) is 1. The molecule has 7 nitrogen and oxygen atoms in total. The minimum Gasteiger partial charge on any atom is -0.495 e. The number of halogens is 1. The quantitative estimate of drug-likeness (QED) is 0.306. The molecule has 0 aliphatic heterocycles. The fourth-order valence-corrected chi connectivity index (χ4v) is 4.66. The largest absolute Gasteiger partial charge is 0.495 e. The lowest BCUT2D eigenvalue weighted by atomic mass is 10.3. The van der Waals surface area contributed by atoms with Gasteiger partial charge >= 0.3 is 0 Å². The van der Waals surface area contributed by atoms with E-state index in [1.807, 2.05) is 13.8 Å². The van der Waals surface area contributed by atoms with Gasteiger partial charge < -0.3 is 15.0 Å². The lowest BCUT2D eigenvalue weighted by Gasteiger charge is -2.11. The fourth-order valence-electron chi connectivity index (χ4n) is 2.56. The van der Waals surface area contributed by atoms with E-state index in [9.17, 15) is 9.59 Å². The van der Waals surface area contributed by atoms with Crippen LogP contribution in [0.15, 0.2) is 28.2 Å². The number of amides is 1. The molecule has 3 aromatic rings. The summed E-state index contributed by atoms with van der Waals surface area (Å²) < 4.78 is 7.92. The normalized spacial score (nSPS) is 12.1. The number of benzene rings is 1. The van der Waals surface area contributed by atoms with Gasteiger partial charge in [-0.1, -0.05) is 41.6 Å². The summed E-state index contributed by atoms with van der Waals surface area (Å²) in [6, 6.07) is 5.23. The number of aromatic nitrogens is 3. The number of fused-ring (bicyclic) bond motifs is 1. The summed E-state index contributed by atoms with van der Waals surface area (Å²) in [6.07, 6.45) is 0.843. The second kappa shape index (κ2) is 9.29. The van der Waals surface area contributed by atoms with Gasteiger partial charge in [0.2, 0.25) is 5.91 Å². The molecule has 2 aromatic heterocycles. The Morgan fingerprint density at radius 2 is 2.28 bits per heavy atom. The zero-order chi connectivity index (χ0) is 21.1. The van der Waals surface area contributed by atoms with Crippen molar-refractivity contribution in [2.24, 2.45) is 0 Å². The monoisotopic (exact) mass is 470 g/mol. The second-order valence-electron chi connectivity index (χ2n) is 6.21. The highest BCUT2D eigenvalue weighted by Gasteiger charge is 2.17. The van der Waals surface area contributed by atoms with Gasteiger partial charge in [0.25, 0.3) is 5.56 Å². The van der Waals surface area contributed by atoms with Gasteiger partial charge in [-0.25, -0.2) is 4.98 Å². The lowest BCUT2D eigenvalue weighted by molar-refractivity contribution is -0.119. The number of thiazole rings is 1.